The highest BCUT2D eigenvalue weighted by Gasteiger charge is 2.34. The average molecular weight is 536 g/mol. The van der Waals surface area contributed by atoms with E-state index in [-0.39, 0.29) is 23.1 Å². The number of aliphatic hydroxyl groups excluding tert-OH is 1. The van der Waals surface area contributed by atoms with Gasteiger partial charge in [0, 0.05) is 35.8 Å². The number of amidine groups is 1. The number of anilines is 1. The predicted molar refractivity (Wildman–Crippen MR) is 126 cm³/mol. The highest BCUT2D eigenvalue weighted by molar-refractivity contribution is 5.98. The maximum atomic E-state index is 14.9. The lowest BCUT2D eigenvalue weighted by Gasteiger charge is -2.26. The van der Waals surface area contributed by atoms with E-state index in [0.717, 1.165) is 24.3 Å². The van der Waals surface area contributed by atoms with E-state index >= 15 is 0 Å². The normalized spacial score (nSPS) is 17.7. The Labute approximate surface area is 210 Å². The lowest BCUT2D eigenvalue weighted by Crippen LogP contribution is -2.43. The number of fused-ring (bicyclic) bond motifs is 1. The highest BCUT2D eigenvalue weighted by Crippen LogP contribution is 2.39. The molecule has 2 aromatic carbocycles. The van der Waals surface area contributed by atoms with Crippen LogP contribution in [-0.4, -0.2) is 46.5 Å². The third kappa shape index (κ3) is 4.96. The van der Waals surface area contributed by atoms with Crippen LogP contribution in [0.4, 0.5) is 32.0 Å². The Bertz CT molecular complexity index is 1500. The van der Waals surface area contributed by atoms with Crippen LogP contribution < -0.4 is 10.1 Å². The van der Waals surface area contributed by atoms with Gasteiger partial charge in [-0.1, -0.05) is 12.1 Å². The summed E-state index contributed by atoms with van der Waals surface area (Å²) in [6.07, 6.45) is -1.66. The van der Waals surface area contributed by atoms with Crippen molar-refractivity contribution in [3.63, 3.8) is 0 Å². The van der Waals surface area contributed by atoms with Gasteiger partial charge in [0.05, 0.1) is 24.1 Å². The summed E-state index contributed by atoms with van der Waals surface area (Å²) in [5, 5.41) is 11.9. The summed E-state index contributed by atoms with van der Waals surface area (Å²) in [6, 6.07) is 7.41. The van der Waals surface area contributed by atoms with Crippen LogP contribution in [0.25, 0.3) is 22.2 Å². The number of hydrogen-bond acceptors (Lipinski definition) is 6. The van der Waals surface area contributed by atoms with Gasteiger partial charge in [-0.15, -0.1) is 0 Å². The van der Waals surface area contributed by atoms with Crippen molar-refractivity contribution in [1.82, 2.24) is 9.97 Å². The first kappa shape index (κ1) is 25.4. The van der Waals surface area contributed by atoms with E-state index in [0.29, 0.717) is 16.5 Å². The van der Waals surface area contributed by atoms with Crippen LogP contribution >= 0.6 is 0 Å². The zero-order valence-electron chi connectivity index (χ0n) is 19.2. The number of pyridine rings is 1. The van der Waals surface area contributed by atoms with Crippen molar-refractivity contribution in [3.8, 4) is 22.6 Å². The molecular weight excluding hydrogens is 518 g/mol. The smallest absolute Gasteiger partial charge is 0.416 e. The molecule has 2 aromatic heterocycles. The monoisotopic (exact) mass is 536 g/mol. The number of aliphatic hydroxyl groups is 1. The summed E-state index contributed by atoms with van der Waals surface area (Å²) in [4.78, 5) is 10.8. The number of benzene rings is 2. The standard InChI is InChI=1S/C25H18F6N4O3/c26-17-7-15(35-23-34-10-24(28,11-36)12-37-23)8-18(27)21(17)38-19-5-6-32-22-20(19)16(9-33-22)13-1-3-14(4-2-13)25(29,30)31/h1-9,36H,10-12H2,(H,32,33)(H,34,35). The Kier molecular flexibility index (Phi) is 6.39. The molecule has 7 nitrogen and oxygen atoms in total. The maximum Gasteiger partial charge on any atom is 0.416 e. The number of halogens is 6. The molecule has 3 N–H and O–H groups in total. The topological polar surface area (TPSA) is 91.8 Å². The maximum absolute atomic E-state index is 14.9. The fraction of sp³-hybridized carbons (Fsp3) is 0.200. The Balaban J connectivity index is 1.43. The minimum absolute atomic E-state index is 0.00735. The average Bonchev–Trinajstić information content (AvgIpc) is 3.32. The summed E-state index contributed by atoms with van der Waals surface area (Å²) in [6.45, 7) is -1.67. The number of aromatic amines is 1. The second-order valence-electron chi connectivity index (χ2n) is 8.53. The van der Waals surface area contributed by atoms with Crippen molar-refractivity contribution in [2.45, 2.75) is 11.8 Å². The van der Waals surface area contributed by atoms with Crippen molar-refractivity contribution in [3.05, 3.63) is 72.1 Å². The van der Waals surface area contributed by atoms with E-state index in [2.05, 4.69) is 20.3 Å². The fourth-order valence-corrected chi connectivity index (χ4v) is 3.81. The van der Waals surface area contributed by atoms with Crippen LogP contribution in [0.2, 0.25) is 0 Å². The number of nitrogens with zero attached hydrogens (tertiary/aromatic N) is 2. The van der Waals surface area contributed by atoms with Gasteiger partial charge >= 0.3 is 6.18 Å². The van der Waals surface area contributed by atoms with Crippen LogP contribution in [0.5, 0.6) is 11.5 Å². The third-order valence-corrected chi connectivity index (χ3v) is 5.78. The number of alkyl halides is 4. The molecule has 3 heterocycles. The molecule has 198 valence electrons. The number of aliphatic imine (C=N–C) groups is 1. The molecule has 1 atom stereocenters. The molecule has 0 saturated carbocycles. The summed E-state index contributed by atoms with van der Waals surface area (Å²) >= 11 is 0. The number of rotatable bonds is 5. The number of nitrogens with one attached hydrogen (secondary N) is 2. The number of ether oxygens (including phenoxy) is 2. The summed E-state index contributed by atoms with van der Waals surface area (Å²) in [7, 11) is 0. The molecule has 1 unspecified atom stereocenters. The molecule has 1 aliphatic heterocycles. The van der Waals surface area contributed by atoms with Gasteiger partial charge in [-0.25, -0.2) is 23.1 Å². The van der Waals surface area contributed by atoms with Gasteiger partial charge in [0.1, 0.15) is 18.0 Å². The molecule has 1 aliphatic rings. The van der Waals surface area contributed by atoms with Gasteiger partial charge in [-0.3, -0.25) is 0 Å². The minimum Gasteiger partial charge on any atom is -0.461 e. The molecule has 38 heavy (non-hydrogen) atoms. The number of H-pyrrole nitrogens is 1. The third-order valence-electron chi connectivity index (χ3n) is 5.78. The largest absolute Gasteiger partial charge is 0.461 e. The first-order valence-corrected chi connectivity index (χ1v) is 11.1. The highest BCUT2D eigenvalue weighted by atomic mass is 19.4. The molecule has 0 saturated heterocycles. The van der Waals surface area contributed by atoms with Crippen LogP contribution in [-0.2, 0) is 10.9 Å². The molecule has 0 spiro atoms. The lowest BCUT2D eigenvalue weighted by atomic mass is 10.0. The van der Waals surface area contributed by atoms with E-state index in [1.54, 1.807) is 0 Å². The van der Waals surface area contributed by atoms with E-state index in [1.165, 1.54) is 30.6 Å². The van der Waals surface area contributed by atoms with Gasteiger partial charge in [0.25, 0.3) is 6.02 Å². The van der Waals surface area contributed by atoms with E-state index in [1.807, 2.05) is 0 Å². The van der Waals surface area contributed by atoms with Crippen molar-refractivity contribution >= 4 is 22.7 Å². The summed E-state index contributed by atoms with van der Waals surface area (Å²) < 4.78 is 93.4. The van der Waals surface area contributed by atoms with Crippen molar-refractivity contribution in [2.24, 2.45) is 4.99 Å². The SMILES string of the molecule is OCC1(F)CN=C(Nc2cc(F)c(Oc3ccnc4[nH]cc(-c5ccc(C(F)(F)F)cc5)c34)c(F)c2)OC1. The molecule has 0 aliphatic carbocycles. The Morgan fingerprint density at radius 2 is 1.82 bits per heavy atom. The Morgan fingerprint density at radius 1 is 1.11 bits per heavy atom. The molecule has 13 heteroatoms. The first-order chi connectivity index (χ1) is 18.1. The van der Waals surface area contributed by atoms with E-state index in [9.17, 15) is 26.3 Å². The quantitative estimate of drug-likeness (QED) is 0.280. The van der Waals surface area contributed by atoms with Gasteiger partial charge < -0.3 is 24.9 Å². The molecular formula is C25H18F6N4O3. The Morgan fingerprint density at radius 3 is 2.42 bits per heavy atom. The van der Waals surface area contributed by atoms with E-state index < -0.39 is 54.6 Å². The minimum atomic E-state index is -4.50. The van der Waals surface area contributed by atoms with Crippen LogP contribution in [0.3, 0.4) is 0 Å². The van der Waals surface area contributed by atoms with Crippen molar-refractivity contribution < 1.29 is 40.9 Å². The van der Waals surface area contributed by atoms with Crippen molar-refractivity contribution in [1.29, 1.82) is 0 Å². The number of aromatic nitrogens is 2. The fourth-order valence-electron chi connectivity index (χ4n) is 3.81. The van der Waals surface area contributed by atoms with Gasteiger partial charge in [0.2, 0.25) is 0 Å². The molecule has 0 radical (unpaired) electrons. The zero-order chi connectivity index (χ0) is 27.1. The lowest BCUT2D eigenvalue weighted by molar-refractivity contribution is -0.137. The van der Waals surface area contributed by atoms with Crippen LogP contribution in [0.1, 0.15) is 5.56 Å². The molecule has 4 aromatic rings. The summed E-state index contributed by atoms with van der Waals surface area (Å²) in [5.41, 5.74) is -1.85. The second kappa shape index (κ2) is 9.56. The molecule has 0 amide bonds. The Hall–Kier alpha value is -4.26. The van der Waals surface area contributed by atoms with Gasteiger partial charge in [-0.2, -0.15) is 13.2 Å². The second-order valence-corrected chi connectivity index (χ2v) is 8.53. The first-order valence-electron chi connectivity index (χ1n) is 11.1. The molecule has 5 rings (SSSR count). The van der Waals surface area contributed by atoms with E-state index in [4.69, 9.17) is 14.6 Å². The van der Waals surface area contributed by atoms with Crippen molar-refractivity contribution in [2.75, 3.05) is 25.1 Å². The number of hydrogen-bond donors (Lipinski definition) is 3. The summed E-state index contributed by atoms with van der Waals surface area (Å²) in [5.74, 6) is -2.91. The van der Waals surface area contributed by atoms with Gasteiger partial charge in [-0.05, 0) is 23.8 Å². The zero-order valence-corrected chi connectivity index (χ0v) is 19.2. The molecule has 0 bridgehead atoms. The van der Waals surface area contributed by atoms with Gasteiger partial charge in [0.15, 0.2) is 23.1 Å². The predicted octanol–water partition coefficient (Wildman–Crippen LogP) is 5.82. The van der Waals surface area contributed by atoms with Crippen LogP contribution in [0, 0.1) is 11.6 Å². The molecule has 0 fully saturated rings. The van der Waals surface area contributed by atoms with Crippen LogP contribution in [0.15, 0.2) is 59.9 Å².